The number of rotatable bonds is 3. The summed E-state index contributed by atoms with van der Waals surface area (Å²) < 4.78 is 5.96. The van der Waals surface area contributed by atoms with Crippen molar-refractivity contribution < 1.29 is 9.84 Å². The van der Waals surface area contributed by atoms with Gasteiger partial charge in [0.25, 0.3) is 0 Å². The Morgan fingerprint density at radius 1 is 1.29 bits per heavy atom. The number of hydrogen-bond donors (Lipinski definition) is 1. The molecule has 4 heteroatoms. The van der Waals surface area contributed by atoms with Crippen molar-refractivity contribution in [3.63, 3.8) is 0 Å². The number of benzene rings is 2. The van der Waals surface area contributed by atoms with Gasteiger partial charge in [0.2, 0.25) is 0 Å². The average Bonchev–Trinajstić information content (AvgIpc) is 2.82. The lowest BCUT2D eigenvalue weighted by atomic mass is 10.0. The minimum absolute atomic E-state index is 0.231. The minimum atomic E-state index is -0.263. The van der Waals surface area contributed by atoms with Crippen LogP contribution in [0.3, 0.4) is 0 Å². The van der Waals surface area contributed by atoms with Gasteiger partial charge in [0.05, 0.1) is 17.7 Å². The summed E-state index contributed by atoms with van der Waals surface area (Å²) in [6.07, 6.45) is 0.478. The van der Waals surface area contributed by atoms with Crippen molar-refractivity contribution in [2.75, 3.05) is 20.2 Å². The Balaban J connectivity index is 1.83. The van der Waals surface area contributed by atoms with E-state index in [1.54, 1.807) is 6.07 Å². The van der Waals surface area contributed by atoms with Gasteiger partial charge in [-0.05, 0) is 25.6 Å². The Morgan fingerprint density at radius 3 is 2.71 bits per heavy atom. The van der Waals surface area contributed by atoms with Gasteiger partial charge in [-0.1, -0.05) is 24.3 Å². The van der Waals surface area contributed by atoms with Crippen LogP contribution in [-0.4, -0.2) is 42.4 Å². The molecule has 21 heavy (non-hydrogen) atoms. The molecule has 0 spiro atoms. The average molecular weight is 282 g/mol. The first-order chi connectivity index (χ1) is 10.2. The summed E-state index contributed by atoms with van der Waals surface area (Å²) >= 11 is 0. The zero-order valence-electron chi connectivity index (χ0n) is 12.0. The molecule has 1 aliphatic rings. The smallest absolute Gasteiger partial charge is 0.127 e. The summed E-state index contributed by atoms with van der Waals surface area (Å²) in [7, 11) is 2.00. The Hall–Kier alpha value is -2.09. The molecular weight excluding hydrogens is 264 g/mol. The van der Waals surface area contributed by atoms with E-state index in [0.29, 0.717) is 18.7 Å². The fourth-order valence-electron chi connectivity index (χ4n) is 2.93. The van der Waals surface area contributed by atoms with Gasteiger partial charge < -0.3 is 9.84 Å². The monoisotopic (exact) mass is 282 g/mol. The van der Waals surface area contributed by atoms with E-state index in [-0.39, 0.29) is 12.1 Å². The number of likely N-dealkylation sites (N-methyl/N-ethyl adjacent to an activating group) is 1. The Labute approximate surface area is 124 Å². The first kappa shape index (κ1) is 13.9. The molecule has 0 aliphatic carbocycles. The van der Waals surface area contributed by atoms with Crippen LogP contribution in [0.4, 0.5) is 0 Å². The van der Waals surface area contributed by atoms with Gasteiger partial charge in [-0.2, -0.15) is 5.26 Å². The fraction of sp³-hybridized carbons (Fsp3) is 0.353. The SMILES string of the molecule is CN1C[C@H](O)C[C@@H]1COc1ccc(C#N)c2ccccc12. The lowest BCUT2D eigenvalue weighted by Gasteiger charge is -2.20. The van der Waals surface area contributed by atoms with E-state index >= 15 is 0 Å². The number of aliphatic hydroxyl groups is 1. The van der Waals surface area contributed by atoms with E-state index < -0.39 is 0 Å². The summed E-state index contributed by atoms with van der Waals surface area (Å²) in [6.45, 7) is 1.24. The maximum absolute atomic E-state index is 9.67. The molecule has 0 bridgehead atoms. The molecular formula is C17H18N2O2. The fourth-order valence-corrected chi connectivity index (χ4v) is 2.93. The molecule has 0 radical (unpaired) electrons. The van der Waals surface area contributed by atoms with Gasteiger partial charge in [0, 0.05) is 23.4 Å². The third-order valence-corrected chi connectivity index (χ3v) is 4.10. The number of hydrogen-bond acceptors (Lipinski definition) is 4. The molecule has 1 N–H and O–H groups in total. The predicted molar refractivity (Wildman–Crippen MR) is 81.2 cm³/mol. The first-order valence-electron chi connectivity index (χ1n) is 7.12. The summed E-state index contributed by atoms with van der Waals surface area (Å²) in [4.78, 5) is 2.12. The lowest BCUT2D eigenvalue weighted by molar-refractivity contribution is 0.182. The van der Waals surface area contributed by atoms with Crippen LogP contribution >= 0.6 is 0 Å². The predicted octanol–water partition coefficient (Wildman–Crippen LogP) is 2.16. The molecule has 4 nitrogen and oxygen atoms in total. The van der Waals surface area contributed by atoms with E-state index in [1.807, 2.05) is 37.4 Å². The van der Waals surface area contributed by atoms with Crippen LogP contribution in [0.1, 0.15) is 12.0 Å². The molecule has 2 aromatic rings. The molecule has 0 amide bonds. The normalized spacial score (nSPS) is 22.3. The van der Waals surface area contributed by atoms with Crippen molar-refractivity contribution in [2.45, 2.75) is 18.6 Å². The summed E-state index contributed by atoms with van der Waals surface area (Å²) in [6, 6.07) is 13.9. The second-order valence-corrected chi connectivity index (χ2v) is 5.56. The van der Waals surface area contributed by atoms with E-state index in [1.165, 1.54) is 0 Å². The van der Waals surface area contributed by atoms with Crippen LogP contribution in [0.15, 0.2) is 36.4 Å². The molecule has 0 unspecified atom stereocenters. The van der Waals surface area contributed by atoms with Crippen LogP contribution in [0.2, 0.25) is 0 Å². The Morgan fingerprint density at radius 2 is 2.05 bits per heavy atom. The van der Waals surface area contributed by atoms with E-state index in [0.717, 1.165) is 22.9 Å². The van der Waals surface area contributed by atoms with Crippen molar-refractivity contribution in [2.24, 2.45) is 0 Å². The number of aliphatic hydroxyl groups excluding tert-OH is 1. The van der Waals surface area contributed by atoms with Crippen molar-refractivity contribution in [1.82, 2.24) is 4.90 Å². The third kappa shape index (κ3) is 2.71. The molecule has 108 valence electrons. The molecule has 0 aromatic heterocycles. The van der Waals surface area contributed by atoms with E-state index in [2.05, 4.69) is 11.0 Å². The molecule has 1 aliphatic heterocycles. The van der Waals surface area contributed by atoms with Crippen molar-refractivity contribution >= 4 is 10.8 Å². The van der Waals surface area contributed by atoms with Crippen LogP contribution < -0.4 is 4.74 Å². The summed E-state index contributed by atoms with van der Waals surface area (Å²) in [5.74, 6) is 0.791. The number of ether oxygens (including phenoxy) is 1. The van der Waals surface area contributed by atoms with Gasteiger partial charge in [0.1, 0.15) is 12.4 Å². The topological polar surface area (TPSA) is 56.5 Å². The number of β-amino-alcohol motifs (C(OH)–C–C–N with tert-alkyl or cyclic N) is 1. The molecule has 2 aromatic carbocycles. The highest BCUT2D eigenvalue weighted by atomic mass is 16.5. The van der Waals surface area contributed by atoms with Gasteiger partial charge >= 0.3 is 0 Å². The highest BCUT2D eigenvalue weighted by Crippen LogP contribution is 2.29. The van der Waals surface area contributed by atoms with Crippen LogP contribution in [0.5, 0.6) is 5.75 Å². The van der Waals surface area contributed by atoms with Crippen LogP contribution in [0.25, 0.3) is 10.8 Å². The summed E-state index contributed by atoms with van der Waals surface area (Å²) in [5.41, 5.74) is 0.659. The number of nitrogens with zero attached hydrogens (tertiary/aromatic N) is 2. The number of nitriles is 1. The molecule has 2 atom stereocenters. The highest BCUT2D eigenvalue weighted by Gasteiger charge is 2.28. The Kier molecular flexibility index (Phi) is 3.78. The quantitative estimate of drug-likeness (QED) is 0.937. The molecule has 1 heterocycles. The molecule has 1 fully saturated rings. The van der Waals surface area contributed by atoms with Gasteiger partial charge in [-0.25, -0.2) is 0 Å². The van der Waals surface area contributed by atoms with Crippen LogP contribution in [0, 0.1) is 11.3 Å². The molecule has 3 rings (SSSR count). The zero-order chi connectivity index (χ0) is 14.8. The zero-order valence-corrected chi connectivity index (χ0v) is 12.0. The lowest BCUT2D eigenvalue weighted by Crippen LogP contribution is -2.30. The van der Waals surface area contributed by atoms with Crippen molar-refractivity contribution in [1.29, 1.82) is 5.26 Å². The van der Waals surface area contributed by atoms with Crippen LogP contribution in [-0.2, 0) is 0 Å². The van der Waals surface area contributed by atoms with Gasteiger partial charge in [0.15, 0.2) is 0 Å². The third-order valence-electron chi connectivity index (χ3n) is 4.10. The van der Waals surface area contributed by atoms with Crippen molar-refractivity contribution in [3.8, 4) is 11.8 Å². The maximum atomic E-state index is 9.67. The largest absolute Gasteiger partial charge is 0.491 e. The second-order valence-electron chi connectivity index (χ2n) is 5.56. The highest BCUT2D eigenvalue weighted by molar-refractivity contribution is 5.92. The van der Waals surface area contributed by atoms with E-state index in [9.17, 15) is 5.11 Å². The standard InChI is InChI=1S/C17H18N2O2/c1-19-10-14(20)8-13(19)11-21-17-7-6-12(9-18)15-4-2-3-5-16(15)17/h2-7,13-14,20H,8,10-11H2,1H3/t13-,14-/m1/s1. The maximum Gasteiger partial charge on any atom is 0.127 e. The van der Waals surface area contributed by atoms with Gasteiger partial charge in [-0.3, -0.25) is 4.90 Å². The summed E-state index contributed by atoms with van der Waals surface area (Å²) in [5, 5.41) is 20.7. The second kappa shape index (κ2) is 5.72. The number of likely N-dealkylation sites (tertiary alicyclic amines) is 1. The first-order valence-corrected chi connectivity index (χ1v) is 7.12. The minimum Gasteiger partial charge on any atom is -0.491 e. The number of fused-ring (bicyclic) bond motifs is 1. The Bertz CT molecular complexity index is 693. The molecule has 0 saturated carbocycles. The molecule has 1 saturated heterocycles. The van der Waals surface area contributed by atoms with Crippen molar-refractivity contribution in [3.05, 3.63) is 42.0 Å². The van der Waals surface area contributed by atoms with Gasteiger partial charge in [-0.15, -0.1) is 0 Å². The van der Waals surface area contributed by atoms with E-state index in [4.69, 9.17) is 10.00 Å².